The highest BCUT2D eigenvalue weighted by Gasteiger charge is 2.26. The number of amides is 2. The number of aryl methyl sites for hydroxylation is 1. The van der Waals surface area contributed by atoms with Crippen molar-refractivity contribution in [2.24, 2.45) is 5.92 Å². The second-order valence-electron chi connectivity index (χ2n) is 6.00. The molecule has 0 aromatic heterocycles. The van der Waals surface area contributed by atoms with Crippen molar-refractivity contribution < 1.29 is 9.59 Å². The average molecular weight is 308 g/mol. The number of fused-ring (bicyclic) bond motifs is 1. The first-order valence-electron chi connectivity index (χ1n) is 7.87. The summed E-state index contributed by atoms with van der Waals surface area (Å²) in [6.07, 6.45) is 1.59. The monoisotopic (exact) mass is 308 g/mol. The first-order chi connectivity index (χ1) is 11.1. The lowest BCUT2D eigenvalue weighted by Crippen LogP contribution is -2.30. The van der Waals surface area contributed by atoms with E-state index in [0.29, 0.717) is 19.3 Å². The summed E-state index contributed by atoms with van der Waals surface area (Å²) in [6, 6.07) is 15.5. The fourth-order valence-corrected chi connectivity index (χ4v) is 2.81. The van der Waals surface area contributed by atoms with E-state index in [1.54, 1.807) is 0 Å². The van der Waals surface area contributed by atoms with Crippen molar-refractivity contribution in [2.45, 2.75) is 26.2 Å². The van der Waals surface area contributed by atoms with Crippen LogP contribution >= 0.6 is 0 Å². The quantitative estimate of drug-likeness (QED) is 0.908. The number of carbonyl (C=O) groups is 2. The molecule has 4 heteroatoms. The molecule has 1 unspecified atom stereocenters. The molecule has 23 heavy (non-hydrogen) atoms. The van der Waals surface area contributed by atoms with Gasteiger partial charge in [0.25, 0.3) is 0 Å². The van der Waals surface area contributed by atoms with Crippen molar-refractivity contribution in [3.05, 3.63) is 59.7 Å². The first-order valence-corrected chi connectivity index (χ1v) is 7.87. The summed E-state index contributed by atoms with van der Waals surface area (Å²) in [6.45, 7) is 2.01. The molecule has 2 amide bonds. The fourth-order valence-electron chi connectivity index (χ4n) is 2.81. The molecule has 1 aliphatic rings. The third-order valence-electron chi connectivity index (χ3n) is 4.17. The van der Waals surface area contributed by atoms with Gasteiger partial charge >= 0.3 is 0 Å². The molecule has 0 saturated carbocycles. The van der Waals surface area contributed by atoms with Crippen molar-refractivity contribution in [3.63, 3.8) is 0 Å². The van der Waals surface area contributed by atoms with Crippen LogP contribution in [-0.4, -0.2) is 11.8 Å². The van der Waals surface area contributed by atoms with Gasteiger partial charge in [0.15, 0.2) is 0 Å². The molecule has 3 rings (SSSR count). The molecular formula is C19H20N2O2. The van der Waals surface area contributed by atoms with Crippen molar-refractivity contribution in [2.75, 3.05) is 10.6 Å². The number of para-hydroxylation sites is 1. The summed E-state index contributed by atoms with van der Waals surface area (Å²) in [5.41, 5.74) is 3.97. The van der Waals surface area contributed by atoms with Crippen LogP contribution in [0.2, 0.25) is 0 Å². The highest BCUT2D eigenvalue weighted by molar-refractivity contribution is 5.96. The van der Waals surface area contributed by atoms with Gasteiger partial charge in [0.05, 0.1) is 0 Å². The van der Waals surface area contributed by atoms with Gasteiger partial charge in [-0.15, -0.1) is 0 Å². The zero-order valence-corrected chi connectivity index (χ0v) is 13.1. The Hall–Kier alpha value is -2.62. The summed E-state index contributed by atoms with van der Waals surface area (Å²) < 4.78 is 0. The predicted octanol–water partition coefficient (Wildman–Crippen LogP) is 3.52. The van der Waals surface area contributed by atoms with E-state index in [2.05, 4.69) is 10.6 Å². The molecule has 0 saturated heterocycles. The second kappa shape index (κ2) is 6.65. The molecule has 0 spiro atoms. The van der Waals surface area contributed by atoms with Crippen LogP contribution in [0.3, 0.4) is 0 Å². The minimum Gasteiger partial charge on any atom is -0.326 e. The van der Waals surface area contributed by atoms with E-state index in [-0.39, 0.29) is 17.7 Å². The Morgan fingerprint density at radius 3 is 2.70 bits per heavy atom. The molecule has 2 aromatic carbocycles. The maximum absolute atomic E-state index is 12.1. The zero-order chi connectivity index (χ0) is 16.2. The molecule has 0 fully saturated rings. The molecule has 4 nitrogen and oxygen atoms in total. The van der Waals surface area contributed by atoms with Gasteiger partial charge in [0, 0.05) is 23.7 Å². The van der Waals surface area contributed by atoms with E-state index >= 15 is 0 Å². The maximum atomic E-state index is 12.1. The molecule has 0 bridgehead atoms. The number of nitrogens with one attached hydrogen (secondary N) is 2. The third kappa shape index (κ3) is 3.77. The zero-order valence-electron chi connectivity index (χ0n) is 13.1. The van der Waals surface area contributed by atoms with Crippen LogP contribution < -0.4 is 10.6 Å². The van der Waals surface area contributed by atoms with E-state index in [9.17, 15) is 9.59 Å². The molecule has 1 heterocycles. The number of carbonyl (C=O) groups excluding carboxylic acids is 2. The summed E-state index contributed by atoms with van der Waals surface area (Å²) in [4.78, 5) is 24.2. The number of rotatable bonds is 4. The van der Waals surface area contributed by atoms with Crippen molar-refractivity contribution in [1.29, 1.82) is 0 Å². The van der Waals surface area contributed by atoms with Crippen LogP contribution in [0.25, 0.3) is 0 Å². The van der Waals surface area contributed by atoms with E-state index < -0.39 is 0 Å². The first kappa shape index (κ1) is 15.3. The SMILES string of the molecule is Cc1ccc(NC(=O)CCC2Cc3ccccc3NC2=O)cc1. The minimum atomic E-state index is -0.145. The summed E-state index contributed by atoms with van der Waals surface area (Å²) in [5, 5.41) is 5.79. The highest BCUT2D eigenvalue weighted by Crippen LogP contribution is 2.27. The Morgan fingerprint density at radius 1 is 1.17 bits per heavy atom. The predicted molar refractivity (Wildman–Crippen MR) is 91.3 cm³/mol. The normalized spacial score (nSPS) is 16.4. The lowest BCUT2D eigenvalue weighted by molar-refractivity contribution is -0.121. The minimum absolute atomic E-state index is 0.00633. The average Bonchev–Trinajstić information content (AvgIpc) is 2.55. The van der Waals surface area contributed by atoms with E-state index in [1.807, 2.05) is 55.5 Å². The van der Waals surface area contributed by atoms with Crippen LogP contribution in [0.5, 0.6) is 0 Å². The van der Waals surface area contributed by atoms with Crippen LogP contribution in [0.4, 0.5) is 11.4 Å². The van der Waals surface area contributed by atoms with Crippen molar-refractivity contribution in [1.82, 2.24) is 0 Å². The number of hydrogen-bond donors (Lipinski definition) is 2. The molecule has 2 aromatic rings. The molecule has 0 radical (unpaired) electrons. The Balaban J connectivity index is 1.55. The maximum Gasteiger partial charge on any atom is 0.227 e. The largest absolute Gasteiger partial charge is 0.326 e. The van der Waals surface area contributed by atoms with Crippen LogP contribution in [0.1, 0.15) is 24.0 Å². The van der Waals surface area contributed by atoms with Gasteiger partial charge in [0.2, 0.25) is 11.8 Å². The molecule has 0 aliphatic carbocycles. The number of hydrogen-bond acceptors (Lipinski definition) is 2. The van der Waals surface area contributed by atoms with E-state index in [1.165, 1.54) is 0 Å². The summed E-state index contributed by atoms with van der Waals surface area (Å²) in [7, 11) is 0. The van der Waals surface area contributed by atoms with Crippen molar-refractivity contribution in [3.8, 4) is 0 Å². The third-order valence-corrected chi connectivity index (χ3v) is 4.17. The van der Waals surface area contributed by atoms with Gasteiger partial charge in [-0.2, -0.15) is 0 Å². The topological polar surface area (TPSA) is 58.2 Å². The molecule has 118 valence electrons. The smallest absolute Gasteiger partial charge is 0.227 e. The lowest BCUT2D eigenvalue weighted by atomic mass is 9.89. The number of anilines is 2. The molecular weight excluding hydrogens is 288 g/mol. The standard InChI is InChI=1S/C19H20N2O2/c1-13-6-9-16(10-7-13)20-18(22)11-8-15-12-14-4-2-3-5-17(14)21-19(15)23/h2-7,9-10,15H,8,11-12H2,1H3,(H,20,22)(H,21,23). The van der Waals surface area contributed by atoms with E-state index in [0.717, 1.165) is 22.5 Å². The molecule has 1 aliphatic heterocycles. The Labute approximate surface area is 135 Å². The molecule has 1 atom stereocenters. The van der Waals surface area contributed by atoms with E-state index in [4.69, 9.17) is 0 Å². The van der Waals surface area contributed by atoms with Crippen LogP contribution in [0, 0.1) is 12.8 Å². The van der Waals surface area contributed by atoms with Gasteiger partial charge in [0.1, 0.15) is 0 Å². The Kier molecular flexibility index (Phi) is 4.42. The highest BCUT2D eigenvalue weighted by atomic mass is 16.2. The molecule has 2 N–H and O–H groups in total. The number of benzene rings is 2. The fraction of sp³-hybridized carbons (Fsp3) is 0.263. The Morgan fingerprint density at radius 2 is 1.91 bits per heavy atom. The lowest BCUT2D eigenvalue weighted by Gasteiger charge is -2.24. The van der Waals surface area contributed by atoms with Gasteiger partial charge in [-0.3, -0.25) is 9.59 Å². The van der Waals surface area contributed by atoms with Crippen LogP contribution in [-0.2, 0) is 16.0 Å². The van der Waals surface area contributed by atoms with Crippen LogP contribution in [0.15, 0.2) is 48.5 Å². The summed E-state index contributed by atoms with van der Waals surface area (Å²) >= 11 is 0. The second-order valence-corrected chi connectivity index (χ2v) is 6.00. The van der Waals surface area contributed by atoms with Gasteiger partial charge in [-0.1, -0.05) is 35.9 Å². The van der Waals surface area contributed by atoms with Gasteiger partial charge < -0.3 is 10.6 Å². The van der Waals surface area contributed by atoms with Gasteiger partial charge in [-0.05, 0) is 43.5 Å². The Bertz CT molecular complexity index is 722. The van der Waals surface area contributed by atoms with Crippen molar-refractivity contribution >= 4 is 23.2 Å². The summed E-state index contributed by atoms with van der Waals surface area (Å²) in [5.74, 6) is -0.194. The van der Waals surface area contributed by atoms with Gasteiger partial charge in [-0.25, -0.2) is 0 Å².